The van der Waals surface area contributed by atoms with Crippen LogP contribution in [-0.4, -0.2) is 39.2 Å². The van der Waals surface area contributed by atoms with Crippen LogP contribution >= 0.6 is 15.9 Å². The van der Waals surface area contributed by atoms with Crippen molar-refractivity contribution in [3.63, 3.8) is 0 Å². The summed E-state index contributed by atoms with van der Waals surface area (Å²) in [6, 6.07) is 13.5. The fourth-order valence-corrected chi connectivity index (χ4v) is 4.03. The predicted molar refractivity (Wildman–Crippen MR) is 101 cm³/mol. The first-order chi connectivity index (χ1) is 12.3. The first kappa shape index (κ1) is 20.1. The summed E-state index contributed by atoms with van der Waals surface area (Å²) in [7, 11) is -2.38. The van der Waals surface area contributed by atoms with Gasteiger partial charge in [0.15, 0.2) is 9.84 Å². The van der Waals surface area contributed by atoms with Gasteiger partial charge in [-0.2, -0.15) is 0 Å². The molecule has 0 aliphatic heterocycles. The van der Waals surface area contributed by atoms with Crippen LogP contribution < -0.4 is 5.32 Å². The van der Waals surface area contributed by atoms with Gasteiger partial charge in [-0.15, -0.1) is 0 Å². The van der Waals surface area contributed by atoms with Crippen molar-refractivity contribution in [2.24, 2.45) is 0 Å². The van der Waals surface area contributed by atoms with E-state index in [1.807, 2.05) is 0 Å². The number of methoxy groups -OCH3 is 1. The average molecular weight is 440 g/mol. The zero-order chi connectivity index (χ0) is 19.2. The third kappa shape index (κ3) is 5.40. The summed E-state index contributed by atoms with van der Waals surface area (Å²) in [4.78, 5) is 24.5. The van der Waals surface area contributed by atoms with Gasteiger partial charge < -0.3 is 10.1 Å². The number of ether oxygens (including phenoxy) is 1. The molecule has 0 radical (unpaired) electrons. The van der Waals surface area contributed by atoms with Crippen LogP contribution in [0.25, 0.3) is 0 Å². The van der Waals surface area contributed by atoms with Gasteiger partial charge in [0.2, 0.25) is 0 Å². The lowest BCUT2D eigenvalue weighted by Crippen LogP contribution is -2.42. The number of hydrogen-bond acceptors (Lipinski definition) is 5. The summed E-state index contributed by atoms with van der Waals surface area (Å²) in [6.45, 7) is 0. The number of rotatable bonds is 7. The van der Waals surface area contributed by atoms with Gasteiger partial charge in [0, 0.05) is 10.0 Å². The van der Waals surface area contributed by atoms with Crippen molar-refractivity contribution in [2.45, 2.75) is 17.4 Å². The van der Waals surface area contributed by atoms with E-state index in [0.29, 0.717) is 10.0 Å². The number of nitrogens with one attached hydrogen (secondary N) is 1. The molecule has 2 aromatic rings. The average Bonchev–Trinajstić information content (AvgIpc) is 2.65. The lowest BCUT2D eigenvalue weighted by atomic mass is 10.1. The van der Waals surface area contributed by atoms with Crippen LogP contribution in [0.15, 0.2) is 64.0 Å². The molecule has 1 atom stereocenters. The summed E-state index contributed by atoms with van der Waals surface area (Å²) in [5.74, 6) is -1.48. The maximum Gasteiger partial charge on any atom is 0.328 e. The molecule has 8 heteroatoms. The van der Waals surface area contributed by atoms with Gasteiger partial charge in [0.25, 0.3) is 5.91 Å². The highest BCUT2D eigenvalue weighted by atomic mass is 79.9. The van der Waals surface area contributed by atoms with Gasteiger partial charge in [0.05, 0.1) is 17.8 Å². The van der Waals surface area contributed by atoms with Crippen LogP contribution in [0.1, 0.15) is 16.8 Å². The summed E-state index contributed by atoms with van der Waals surface area (Å²) in [5, 5.41) is 2.54. The molecule has 0 heterocycles. The Morgan fingerprint density at radius 3 is 2.42 bits per heavy atom. The van der Waals surface area contributed by atoms with E-state index in [2.05, 4.69) is 26.0 Å². The van der Waals surface area contributed by atoms with Crippen molar-refractivity contribution >= 4 is 37.6 Å². The number of hydrogen-bond donors (Lipinski definition) is 1. The SMILES string of the molecule is COC(=O)[C@H](CCS(=O)(=O)c1ccccc1)NC(=O)c1cccc(Br)c1. The van der Waals surface area contributed by atoms with Crippen LogP contribution in [-0.2, 0) is 19.4 Å². The first-order valence-corrected chi connectivity index (χ1v) is 10.2. The highest BCUT2D eigenvalue weighted by Gasteiger charge is 2.25. The number of benzene rings is 2. The molecule has 0 aromatic heterocycles. The number of carbonyl (C=O) groups excluding carboxylic acids is 2. The third-order valence-corrected chi connectivity index (χ3v) is 5.91. The van der Waals surface area contributed by atoms with Crippen LogP contribution in [0.4, 0.5) is 0 Å². The number of sulfone groups is 1. The van der Waals surface area contributed by atoms with Crippen molar-refractivity contribution in [2.75, 3.05) is 12.9 Å². The standard InChI is InChI=1S/C18H18BrNO5S/c1-25-18(22)16(20-17(21)13-6-5-7-14(19)12-13)10-11-26(23,24)15-8-3-2-4-9-15/h2-9,12,16H,10-11H2,1H3,(H,20,21)/t16-/m0/s1. The molecule has 0 aliphatic carbocycles. The van der Waals surface area contributed by atoms with Crippen molar-refractivity contribution in [3.05, 3.63) is 64.6 Å². The molecule has 0 fully saturated rings. The molecule has 0 aliphatic rings. The van der Waals surface area contributed by atoms with Crippen LogP contribution in [0, 0.1) is 0 Å². The van der Waals surface area contributed by atoms with Gasteiger partial charge in [-0.3, -0.25) is 4.79 Å². The van der Waals surface area contributed by atoms with Crippen LogP contribution in [0.3, 0.4) is 0 Å². The lowest BCUT2D eigenvalue weighted by molar-refractivity contribution is -0.142. The second-order valence-corrected chi connectivity index (χ2v) is 8.50. The lowest BCUT2D eigenvalue weighted by Gasteiger charge is -2.16. The fraction of sp³-hybridized carbons (Fsp3) is 0.222. The van der Waals surface area contributed by atoms with E-state index < -0.39 is 27.8 Å². The summed E-state index contributed by atoms with van der Waals surface area (Å²) in [5.41, 5.74) is 0.346. The van der Waals surface area contributed by atoms with E-state index in [1.54, 1.807) is 42.5 Å². The quantitative estimate of drug-likeness (QED) is 0.669. The molecule has 0 spiro atoms. The Balaban J connectivity index is 2.10. The molecule has 6 nitrogen and oxygen atoms in total. The Bertz CT molecular complexity index is 883. The smallest absolute Gasteiger partial charge is 0.328 e. The Morgan fingerprint density at radius 1 is 1.12 bits per heavy atom. The minimum atomic E-state index is -3.57. The fourth-order valence-electron chi connectivity index (χ4n) is 2.28. The minimum Gasteiger partial charge on any atom is -0.467 e. The molecule has 2 aromatic carbocycles. The Hall–Kier alpha value is -2.19. The molecule has 2 rings (SSSR count). The molecule has 26 heavy (non-hydrogen) atoms. The van der Waals surface area contributed by atoms with E-state index in [-0.39, 0.29) is 17.1 Å². The molecule has 0 unspecified atom stereocenters. The monoisotopic (exact) mass is 439 g/mol. The van der Waals surface area contributed by atoms with Crippen molar-refractivity contribution in [3.8, 4) is 0 Å². The molecule has 0 saturated heterocycles. The van der Waals surface area contributed by atoms with Crippen LogP contribution in [0.2, 0.25) is 0 Å². The van der Waals surface area contributed by atoms with Gasteiger partial charge in [-0.05, 0) is 36.8 Å². The Morgan fingerprint density at radius 2 is 1.81 bits per heavy atom. The topological polar surface area (TPSA) is 89.5 Å². The second kappa shape index (κ2) is 8.95. The van der Waals surface area contributed by atoms with Crippen molar-refractivity contribution in [1.29, 1.82) is 0 Å². The van der Waals surface area contributed by atoms with Crippen molar-refractivity contribution in [1.82, 2.24) is 5.32 Å². The molecule has 0 saturated carbocycles. The highest BCUT2D eigenvalue weighted by molar-refractivity contribution is 9.10. The van der Waals surface area contributed by atoms with Crippen molar-refractivity contribution < 1.29 is 22.7 Å². The summed E-state index contributed by atoms with van der Waals surface area (Å²) in [6.07, 6.45) is -0.0936. The molecular weight excluding hydrogens is 422 g/mol. The third-order valence-electron chi connectivity index (χ3n) is 3.66. The van der Waals surface area contributed by atoms with E-state index in [0.717, 1.165) is 0 Å². The van der Waals surface area contributed by atoms with Gasteiger partial charge in [-0.25, -0.2) is 13.2 Å². The zero-order valence-electron chi connectivity index (χ0n) is 14.0. The maximum absolute atomic E-state index is 12.4. The van der Waals surface area contributed by atoms with E-state index >= 15 is 0 Å². The van der Waals surface area contributed by atoms with Gasteiger partial charge in [-0.1, -0.05) is 40.2 Å². The molecule has 1 N–H and O–H groups in total. The number of esters is 1. The number of carbonyl (C=O) groups is 2. The molecule has 1 amide bonds. The molecular formula is C18H18BrNO5S. The largest absolute Gasteiger partial charge is 0.467 e. The predicted octanol–water partition coefficient (Wildman–Crippen LogP) is 2.58. The zero-order valence-corrected chi connectivity index (χ0v) is 16.4. The molecule has 138 valence electrons. The summed E-state index contributed by atoms with van der Waals surface area (Å²) < 4.78 is 30.2. The van der Waals surface area contributed by atoms with E-state index in [1.165, 1.54) is 19.2 Å². The minimum absolute atomic E-state index is 0.0936. The van der Waals surface area contributed by atoms with E-state index in [9.17, 15) is 18.0 Å². The Labute approximate surface area is 160 Å². The number of halogens is 1. The van der Waals surface area contributed by atoms with Gasteiger partial charge in [0.1, 0.15) is 6.04 Å². The second-order valence-electron chi connectivity index (χ2n) is 5.48. The normalized spacial score (nSPS) is 12.2. The molecule has 0 bridgehead atoms. The van der Waals surface area contributed by atoms with Gasteiger partial charge >= 0.3 is 5.97 Å². The first-order valence-electron chi connectivity index (χ1n) is 7.75. The Kier molecular flexibility index (Phi) is 6.93. The number of amides is 1. The van der Waals surface area contributed by atoms with Crippen LogP contribution in [0.5, 0.6) is 0 Å². The van der Waals surface area contributed by atoms with E-state index in [4.69, 9.17) is 0 Å². The maximum atomic E-state index is 12.4. The summed E-state index contributed by atoms with van der Waals surface area (Å²) >= 11 is 3.27. The highest BCUT2D eigenvalue weighted by Crippen LogP contribution is 2.14.